The van der Waals surface area contributed by atoms with Gasteiger partial charge in [0, 0.05) is 11.3 Å². The van der Waals surface area contributed by atoms with Crippen molar-refractivity contribution in [3.63, 3.8) is 0 Å². The summed E-state index contributed by atoms with van der Waals surface area (Å²) in [7, 11) is 0. The van der Waals surface area contributed by atoms with Crippen LogP contribution in [-0.4, -0.2) is 33.3 Å². The van der Waals surface area contributed by atoms with E-state index in [1.165, 1.54) is 12.4 Å². The first kappa shape index (κ1) is 20.9. The van der Waals surface area contributed by atoms with Crippen LogP contribution in [-0.2, 0) is 16.8 Å². The second-order valence-corrected chi connectivity index (χ2v) is 5.73. The highest BCUT2D eigenvalue weighted by Crippen LogP contribution is 2.50. The molecule has 2 rings (SSSR count). The lowest BCUT2D eigenvalue weighted by Gasteiger charge is -2.32. The molecule has 5 nitrogen and oxygen atoms in total. The molecule has 0 saturated heterocycles. The lowest BCUT2D eigenvalue weighted by Crippen LogP contribution is -2.53. The van der Waals surface area contributed by atoms with Crippen LogP contribution in [0.15, 0.2) is 36.7 Å². The predicted molar refractivity (Wildman–Crippen MR) is 81.8 cm³/mol. The molecule has 0 atom stereocenters. The van der Waals surface area contributed by atoms with Gasteiger partial charge in [-0.05, 0) is 12.1 Å². The lowest BCUT2D eigenvalue weighted by atomic mass is 9.92. The van der Waals surface area contributed by atoms with E-state index in [-0.39, 0.29) is 23.0 Å². The van der Waals surface area contributed by atoms with Gasteiger partial charge >= 0.3 is 12.4 Å². The number of amides is 1. The van der Waals surface area contributed by atoms with Gasteiger partial charge in [0.2, 0.25) is 5.91 Å². The zero-order chi connectivity index (χ0) is 20.5. The third-order valence-electron chi connectivity index (χ3n) is 3.42. The van der Waals surface area contributed by atoms with E-state index in [9.17, 15) is 36.2 Å². The Morgan fingerprint density at radius 3 is 2.00 bits per heavy atom. The Bertz CT molecular complexity index is 792. The van der Waals surface area contributed by atoms with Crippen molar-refractivity contribution >= 4 is 23.2 Å². The van der Waals surface area contributed by atoms with Crippen LogP contribution in [0.5, 0.6) is 0 Å². The molecule has 0 aliphatic carbocycles. The number of rotatable bonds is 4. The van der Waals surface area contributed by atoms with Crippen LogP contribution in [0, 0.1) is 0 Å². The summed E-state index contributed by atoms with van der Waals surface area (Å²) in [6, 6.07) is 2.48. The summed E-state index contributed by atoms with van der Waals surface area (Å²) in [5.41, 5.74) is -6.28. The van der Waals surface area contributed by atoms with Gasteiger partial charge in [-0.3, -0.25) is 9.78 Å². The molecule has 2 aromatic rings. The van der Waals surface area contributed by atoms with E-state index in [2.05, 4.69) is 15.3 Å². The Balaban J connectivity index is 2.16. The van der Waals surface area contributed by atoms with Gasteiger partial charge in [0.25, 0.3) is 5.60 Å². The van der Waals surface area contributed by atoms with E-state index in [4.69, 9.17) is 11.6 Å². The maximum absolute atomic E-state index is 12.8. The zero-order valence-electron chi connectivity index (χ0n) is 13.1. The fourth-order valence-corrected chi connectivity index (χ4v) is 2.18. The Morgan fingerprint density at radius 1 is 1.00 bits per heavy atom. The predicted octanol–water partition coefficient (Wildman–Crippen LogP) is 3.62. The molecule has 0 unspecified atom stereocenters. The third kappa shape index (κ3) is 4.48. The van der Waals surface area contributed by atoms with Crippen LogP contribution in [0.2, 0.25) is 5.15 Å². The van der Waals surface area contributed by atoms with E-state index in [1.807, 2.05) is 0 Å². The molecule has 0 aliphatic rings. The van der Waals surface area contributed by atoms with Gasteiger partial charge in [-0.25, -0.2) is 4.98 Å². The number of halogens is 7. The Kier molecular flexibility index (Phi) is 5.66. The summed E-state index contributed by atoms with van der Waals surface area (Å²) in [5, 5.41) is 11.7. The molecule has 1 aromatic carbocycles. The summed E-state index contributed by atoms with van der Waals surface area (Å²) in [6.07, 6.45) is -9.78. The van der Waals surface area contributed by atoms with E-state index >= 15 is 0 Å². The van der Waals surface area contributed by atoms with Crippen molar-refractivity contribution in [1.29, 1.82) is 0 Å². The van der Waals surface area contributed by atoms with E-state index in [1.54, 1.807) is 0 Å². The van der Waals surface area contributed by atoms with E-state index in [0.29, 0.717) is 12.1 Å². The molecule has 12 heteroatoms. The Labute approximate surface area is 153 Å². The van der Waals surface area contributed by atoms with Crippen molar-refractivity contribution in [3.8, 4) is 0 Å². The normalized spacial score (nSPS) is 12.7. The number of nitrogens with zero attached hydrogens (tertiary/aromatic N) is 2. The van der Waals surface area contributed by atoms with Gasteiger partial charge in [-0.1, -0.05) is 23.7 Å². The van der Waals surface area contributed by atoms with E-state index in [0.717, 1.165) is 12.1 Å². The number of aliphatic hydroxyl groups is 1. The van der Waals surface area contributed by atoms with Crippen LogP contribution in [0.1, 0.15) is 11.3 Å². The minimum Gasteiger partial charge on any atom is -0.369 e. The molecule has 0 aliphatic heterocycles. The van der Waals surface area contributed by atoms with E-state index < -0.39 is 29.4 Å². The molecule has 0 saturated carbocycles. The molecule has 1 aromatic heterocycles. The second kappa shape index (κ2) is 7.31. The van der Waals surface area contributed by atoms with Crippen LogP contribution in [0.4, 0.5) is 32.0 Å². The number of anilines is 1. The van der Waals surface area contributed by atoms with Gasteiger partial charge in [0.05, 0.1) is 24.5 Å². The van der Waals surface area contributed by atoms with Gasteiger partial charge in [-0.2, -0.15) is 26.3 Å². The largest absolute Gasteiger partial charge is 0.430 e. The SMILES string of the molecule is O=C(Cc1cnc(Cl)cn1)Nc1ccc(C(O)(C(F)(F)F)C(F)(F)F)cc1. The number of carbonyl (C=O) groups excluding carboxylic acids is 1. The Hall–Kier alpha value is -2.40. The third-order valence-corrected chi connectivity index (χ3v) is 3.62. The highest BCUT2D eigenvalue weighted by Gasteiger charge is 2.71. The van der Waals surface area contributed by atoms with Crippen LogP contribution < -0.4 is 5.32 Å². The molecule has 1 amide bonds. The van der Waals surface area contributed by atoms with Crippen LogP contribution in [0.25, 0.3) is 0 Å². The number of carbonyl (C=O) groups is 1. The summed E-state index contributed by atoms with van der Waals surface area (Å²) >= 11 is 5.54. The maximum Gasteiger partial charge on any atom is 0.430 e. The molecular weight excluding hydrogens is 404 g/mol. The lowest BCUT2D eigenvalue weighted by molar-refractivity contribution is -0.376. The topological polar surface area (TPSA) is 75.1 Å². The average molecular weight is 414 g/mol. The van der Waals surface area contributed by atoms with Crippen LogP contribution >= 0.6 is 11.6 Å². The quantitative estimate of drug-likeness (QED) is 0.751. The van der Waals surface area contributed by atoms with Gasteiger partial charge in [0.1, 0.15) is 5.15 Å². The molecule has 0 bridgehead atoms. The average Bonchev–Trinajstić information content (AvgIpc) is 2.55. The first-order valence-corrected chi connectivity index (χ1v) is 7.45. The molecule has 0 spiro atoms. The molecule has 146 valence electrons. The van der Waals surface area contributed by atoms with Gasteiger partial charge < -0.3 is 10.4 Å². The van der Waals surface area contributed by atoms with Crippen molar-refractivity contribution in [1.82, 2.24) is 9.97 Å². The van der Waals surface area contributed by atoms with Gasteiger partial charge in [0.15, 0.2) is 0 Å². The summed E-state index contributed by atoms with van der Waals surface area (Å²) in [6.45, 7) is 0. The fourth-order valence-electron chi connectivity index (χ4n) is 2.08. The first-order valence-electron chi connectivity index (χ1n) is 7.07. The standard InChI is InChI=1S/C15H10ClF6N3O2/c16-11-7-23-10(6-24-11)5-12(26)25-9-3-1-8(2-4-9)13(27,14(17,18)19)15(20,21)22/h1-4,6-7,27H,5H2,(H,25,26). The van der Waals surface area contributed by atoms with Crippen molar-refractivity contribution in [3.05, 3.63) is 53.1 Å². The number of nitrogens with one attached hydrogen (secondary N) is 1. The van der Waals surface area contributed by atoms with Crippen LogP contribution in [0.3, 0.4) is 0 Å². The molecule has 1 heterocycles. The van der Waals surface area contributed by atoms with Crippen molar-refractivity contribution < 1.29 is 36.2 Å². The molecule has 0 radical (unpaired) electrons. The summed E-state index contributed by atoms with van der Waals surface area (Å²) < 4.78 is 76.8. The highest BCUT2D eigenvalue weighted by molar-refractivity contribution is 6.29. The van der Waals surface area contributed by atoms with Crippen molar-refractivity contribution in [2.75, 3.05) is 5.32 Å². The number of benzene rings is 1. The number of hydrogen-bond donors (Lipinski definition) is 2. The number of aromatic nitrogens is 2. The number of hydrogen-bond acceptors (Lipinski definition) is 4. The summed E-state index contributed by atoms with van der Waals surface area (Å²) in [4.78, 5) is 19.4. The van der Waals surface area contributed by atoms with Crippen molar-refractivity contribution in [2.45, 2.75) is 24.4 Å². The minimum absolute atomic E-state index is 0.0719. The second-order valence-electron chi connectivity index (χ2n) is 5.34. The summed E-state index contributed by atoms with van der Waals surface area (Å²) in [5.74, 6) is -0.638. The zero-order valence-corrected chi connectivity index (χ0v) is 13.8. The minimum atomic E-state index is -5.98. The molecular formula is C15H10ClF6N3O2. The molecule has 2 N–H and O–H groups in total. The maximum atomic E-state index is 12.8. The monoisotopic (exact) mass is 413 g/mol. The number of alkyl halides is 6. The highest BCUT2D eigenvalue weighted by atomic mass is 35.5. The first-order chi connectivity index (χ1) is 12.3. The van der Waals surface area contributed by atoms with Gasteiger partial charge in [-0.15, -0.1) is 0 Å². The molecule has 27 heavy (non-hydrogen) atoms. The molecule has 0 fully saturated rings. The Morgan fingerprint density at radius 2 is 1.56 bits per heavy atom. The smallest absolute Gasteiger partial charge is 0.369 e. The van der Waals surface area contributed by atoms with Crippen molar-refractivity contribution in [2.24, 2.45) is 0 Å². The fraction of sp³-hybridized carbons (Fsp3) is 0.267.